The van der Waals surface area contributed by atoms with E-state index in [-0.39, 0.29) is 12.1 Å². The molecule has 6 nitrogen and oxygen atoms in total. The van der Waals surface area contributed by atoms with Gasteiger partial charge < -0.3 is 10.6 Å². The summed E-state index contributed by atoms with van der Waals surface area (Å²) in [6, 6.07) is 15.8. The number of hydrogen-bond donors (Lipinski definition) is 2. The summed E-state index contributed by atoms with van der Waals surface area (Å²) >= 11 is 0. The summed E-state index contributed by atoms with van der Waals surface area (Å²) < 4.78 is 27.6. The highest BCUT2D eigenvalue weighted by Gasteiger charge is 2.33. The van der Waals surface area contributed by atoms with Crippen LogP contribution in [0.15, 0.2) is 59.5 Å². The van der Waals surface area contributed by atoms with Gasteiger partial charge in [0.25, 0.3) is 0 Å². The van der Waals surface area contributed by atoms with Gasteiger partial charge in [0.1, 0.15) is 0 Å². The molecule has 0 saturated carbocycles. The maximum Gasteiger partial charge on any atom is 0.319 e. The first-order valence-electron chi connectivity index (χ1n) is 9.65. The molecular weight excluding hydrogens is 374 g/mol. The number of carbonyl (C=O) groups excluding carboxylic acids is 1. The summed E-state index contributed by atoms with van der Waals surface area (Å²) in [5, 5.41) is 5.64. The Balaban J connectivity index is 1.57. The Labute approximate surface area is 167 Å². The number of nitrogens with zero attached hydrogens (tertiary/aromatic N) is 1. The molecule has 1 fully saturated rings. The molecule has 2 aromatic carbocycles. The molecule has 2 aromatic rings. The Morgan fingerprint density at radius 2 is 1.89 bits per heavy atom. The van der Waals surface area contributed by atoms with Crippen molar-refractivity contribution in [2.75, 3.05) is 18.4 Å². The molecule has 1 heterocycles. The number of amides is 2. The van der Waals surface area contributed by atoms with E-state index in [4.69, 9.17) is 0 Å². The van der Waals surface area contributed by atoms with Crippen LogP contribution in [-0.4, -0.2) is 37.9 Å². The molecule has 0 aromatic heterocycles. The van der Waals surface area contributed by atoms with Gasteiger partial charge >= 0.3 is 6.03 Å². The van der Waals surface area contributed by atoms with Gasteiger partial charge in [0, 0.05) is 24.8 Å². The molecule has 0 bridgehead atoms. The number of urea groups is 1. The third-order valence-electron chi connectivity index (χ3n) is 4.96. The second-order valence-corrected chi connectivity index (χ2v) is 9.01. The van der Waals surface area contributed by atoms with Crippen molar-refractivity contribution in [2.45, 2.75) is 43.5 Å². The molecule has 1 aliphatic rings. The first-order chi connectivity index (χ1) is 13.5. The van der Waals surface area contributed by atoms with Crippen molar-refractivity contribution in [1.29, 1.82) is 0 Å². The first-order valence-corrected chi connectivity index (χ1v) is 11.1. The van der Waals surface area contributed by atoms with Crippen LogP contribution < -0.4 is 10.6 Å². The summed E-state index contributed by atoms with van der Waals surface area (Å²) in [6.07, 6.45) is 3.27. The maximum atomic E-state index is 13.0. The van der Waals surface area contributed by atoms with Gasteiger partial charge in [-0.1, -0.05) is 36.8 Å². The Morgan fingerprint density at radius 3 is 2.64 bits per heavy atom. The summed E-state index contributed by atoms with van der Waals surface area (Å²) in [6.45, 7) is 2.91. The van der Waals surface area contributed by atoms with E-state index in [9.17, 15) is 13.2 Å². The van der Waals surface area contributed by atoms with E-state index in [2.05, 4.69) is 10.6 Å². The van der Waals surface area contributed by atoms with Gasteiger partial charge in [-0.2, -0.15) is 4.31 Å². The minimum absolute atomic E-state index is 0.0989. The summed E-state index contributed by atoms with van der Waals surface area (Å²) in [7, 11) is -3.51. The highest BCUT2D eigenvalue weighted by Crippen LogP contribution is 2.26. The maximum absolute atomic E-state index is 13.0. The normalized spacial score (nSPS) is 17.8. The minimum atomic E-state index is -3.51. The number of nitrogens with one attached hydrogen (secondary N) is 2. The van der Waals surface area contributed by atoms with E-state index in [0.29, 0.717) is 24.4 Å². The predicted octanol–water partition coefficient (Wildman–Crippen LogP) is 3.75. The summed E-state index contributed by atoms with van der Waals surface area (Å²) in [5.74, 6) is 0. The van der Waals surface area contributed by atoms with E-state index in [0.717, 1.165) is 30.5 Å². The lowest BCUT2D eigenvalue weighted by atomic mass is 10.0. The van der Waals surface area contributed by atoms with Gasteiger partial charge in [-0.25, -0.2) is 13.2 Å². The van der Waals surface area contributed by atoms with Crippen molar-refractivity contribution in [3.05, 3.63) is 60.2 Å². The van der Waals surface area contributed by atoms with Crippen LogP contribution in [0.5, 0.6) is 0 Å². The van der Waals surface area contributed by atoms with Gasteiger partial charge in [0.15, 0.2) is 0 Å². The number of rotatable bonds is 6. The molecule has 0 aliphatic carbocycles. The van der Waals surface area contributed by atoms with E-state index in [1.165, 1.54) is 0 Å². The van der Waals surface area contributed by atoms with Crippen LogP contribution in [0.3, 0.4) is 0 Å². The minimum Gasteiger partial charge on any atom is -0.338 e. The number of anilines is 1. The third-order valence-corrected chi connectivity index (χ3v) is 6.93. The molecule has 2 N–H and O–H groups in total. The summed E-state index contributed by atoms with van der Waals surface area (Å²) in [4.78, 5) is 12.4. The van der Waals surface area contributed by atoms with Crippen molar-refractivity contribution in [3.8, 4) is 0 Å². The first kappa shape index (κ1) is 20.4. The van der Waals surface area contributed by atoms with Gasteiger partial charge in [-0.3, -0.25) is 0 Å². The lowest BCUT2D eigenvalue weighted by molar-refractivity contribution is 0.234. The molecule has 1 aliphatic heterocycles. The summed E-state index contributed by atoms with van der Waals surface area (Å²) in [5.41, 5.74) is 1.81. The molecule has 0 unspecified atom stereocenters. The molecule has 1 saturated heterocycles. The van der Waals surface area contributed by atoms with Crippen molar-refractivity contribution in [3.63, 3.8) is 0 Å². The molecule has 0 radical (unpaired) electrons. The van der Waals surface area contributed by atoms with E-state index in [1.54, 1.807) is 28.6 Å². The molecule has 3 rings (SSSR count). The van der Waals surface area contributed by atoms with Crippen molar-refractivity contribution in [2.24, 2.45) is 0 Å². The molecule has 2 amide bonds. The number of piperidine rings is 1. The van der Waals surface area contributed by atoms with Crippen LogP contribution in [-0.2, 0) is 10.0 Å². The quantitative estimate of drug-likeness (QED) is 0.774. The predicted molar refractivity (Wildman–Crippen MR) is 111 cm³/mol. The number of carbonyl (C=O) groups is 1. The molecule has 1 atom stereocenters. The van der Waals surface area contributed by atoms with Crippen LogP contribution in [0, 0.1) is 6.92 Å². The molecule has 150 valence electrons. The zero-order valence-electron chi connectivity index (χ0n) is 16.1. The zero-order chi connectivity index (χ0) is 20.0. The Hall–Kier alpha value is -2.38. The van der Waals surface area contributed by atoms with Crippen LogP contribution in [0.25, 0.3) is 0 Å². The largest absolute Gasteiger partial charge is 0.338 e. The Morgan fingerprint density at radius 1 is 1.11 bits per heavy atom. The van der Waals surface area contributed by atoms with Crippen LogP contribution in [0.1, 0.15) is 31.2 Å². The number of benzene rings is 2. The fourth-order valence-electron chi connectivity index (χ4n) is 3.56. The van der Waals surface area contributed by atoms with Crippen LogP contribution >= 0.6 is 0 Å². The topological polar surface area (TPSA) is 78.5 Å². The lowest BCUT2D eigenvalue weighted by Crippen LogP contribution is -2.45. The fourth-order valence-corrected chi connectivity index (χ4v) is 5.30. The monoisotopic (exact) mass is 401 g/mol. The molecular formula is C21H27N3O3S. The fraction of sp³-hybridized carbons (Fsp3) is 0.381. The Bertz CT molecular complexity index is 900. The molecule has 0 spiro atoms. The number of hydrogen-bond acceptors (Lipinski definition) is 3. The second-order valence-electron chi connectivity index (χ2n) is 7.12. The number of sulfonamides is 1. The molecule has 7 heteroatoms. The van der Waals surface area contributed by atoms with Crippen molar-refractivity contribution >= 4 is 21.7 Å². The van der Waals surface area contributed by atoms with Crippen LogP contribution in [0.4, 0.5) is 10.5 Å². The van der Waals surface area contributed by atoms with Crippen LogP contribution in [0.2, 0.25) is 0 Å². The van der Waals surface area contributed by atoms with Crippen molar-refractivity contribution < 1.29 is 13.2 Å². The smallest absolute Gasteiger partial charge is 0.319 e. The standard InChI is InChI=1S/C21H27N3O3S/c1-17-8-7-9-18(16-17)23-21(25)22-14-13-19-10-5-6-15-24(19)28(26,27)20-11-3-2-4-12-20/h2-4,7-9,11-12,16,19H,5-6,10,13-15H2,1H3,(H2,22,23,25)/t19-/m0/s1. The van der Waals surface area contributed by atoms with Gasteiger partial charge in [0.2, 0.25) is 10.0 Å². The van der Waals surface area contributed by atoms with E-state index in [1.807, 2.05) is 37.3 Å². The lowest BCUT2D eigenvalue weighted by Gasteiger charge is -2.34. The van der Waals surface area contributed by atoms with Crippen molar-refractivity contribution in [1.82, 2.24) is 9.62 Å². The zero-order valence-corrected chi connectivity index (χ0v) is 16.9. The molecule has 28 heavy (non-hydrogen) atoms. The van der Waals surface area contributed by atoms with Gasteiger partial charge in [-0.05, 0) is 56.0 Å². The second kappa shape index (κ2) is 9.21. The number of aryl methyl sites for hydroxylation is 1. The average molecular weight is 402 g/mol. The van der Waals surface area contributed by atoms with E-state index < -0.39 is 10.0 Å². The van der Waals surface area contributed by atoms with E-state index >= 15 is 0 Å². The Kier molecular flexibility index (Phi) is 6.70. The SMILES string of the molecule is Cc1cccc(NC(=O)NCC[C@@H]2CCCCN2S(=O)(=O)c2ccccc2)c1. The third kappa shape index (κ3) is 5.11. The highest BCUT2D eigenvalue weighted by atomic mass is 32.2. The average Bonchev–Trinajstić information content (AvgIpc) is 2.69. The van der Waals surface area contributed by atoms with Gasteiger partial charge in [0.05, 0.1) is 4.90 Å². The van der Waals surface area contributed by atoms with Gasteiger partial charge in [-0.15, -0.1) is 0 Å². The highest BCUT2D eigenvalue weighted by molar-refractivity contribution is 7.89.